The van der Waals surface area contributed by atoms with Crippen molar-refractivity contribution in [2.45, 2.75) is 11.5 Å². The van der Waals surface area contributed by atoms with Crippen molar-refractivity contribution in [3.63, 3.8) is 0 Å². The summed E-state index contributed by atoms with van der Waals surface area (Å²) < 4.78 is 0. The molecule has 0 heterocycles. The second-order valence-electron chi connectivity index (χ2n) is 2.77. The standard InChI is InChI=1S/C10H13NO2S/c1-11-10(13)7-14-9-4-2-3-8(5-9)6-12/h2-5,12H,6-7H2,1H3,(H,11,13). The fourth-order valence-electron chi connectivity index (χ4n) is 0.955. The second-order valence-corrected chi connectivity index (χ2v) is 3.82. The average Bonchev–Trinajstić information content (AvgIpc) is 2.26. The van der Waals surface area contributed by atoms with E-state index in [2.05, 4.69) is 5.32 Å². The van der Waals surface area contributed by atoms with Gasteiger partial charge in [-0.15, -0.1) is 11.8 Å². The summed E-state index contributed by atoms with van der Waals surface area (Å²) in [4.78, 5) is 12.0. The Kier molecular flexibility index (Phi) is 4.49. The number of aliphatic hydroxyl groups excluding tert-OH is 1. The SMILES string of the molecule is CNC(=O)CSc1cccc(CO)c1. The number of carbonyl (C=O) groups is 1. The molecule has 0 bridgehead atoms. The van der Waals surface area contributed by atoms with Crippen LogP contribution in [0.25, 0.3) is 0 Å². The van der Waals surface area contributed by atoms with Crippen LogP contribution in [0, 0.1) is 0 Å². The van der Waals surface area contributed by atoms with Crippen LogP contribution < -0.4 is 5.32 Å². The third-order valence-corrected chi connectivity index (χ3v) is 2.72. The average molecular weight is 211 g/mol. The van der Waals surface area contributed by atoms with Gasteiger partial charge >= 0.3 is 0 Å². The monoisotopic (exact) mass is 211 g/mol. The summed E-state index contributed by atoms with van der Waals surface area (Å²) in [6.45, 7) is 0.0361. The van der Waals surface area contributed by atoms with Crippen molar-refractivity contribution in [3.8, 4) is 0 Å². The fraction of sp³-hybridized carbons (Fsp3) is 0.300. The van der Waals surface area contributed by atoms with Gasteiger partial charge < -0.3 is 10.4 Å². The first-order chi connectivity index (χ1) is 6.76. The summed E-state index contributed by atoms with van der Waals surface area (Å²) in [5.41, 5.74) is 0.868. The first-order valence-electron chi connectivity index (χ1n) is 4.29. The number of rotatable bonds is 4. The molecule has 0 radical (unpaired) electrons. The Balaban J connectivity index is 2.54. The van der Waals surface area contributed by atoms with Crippen LogP contribution in [-0.4, -0.2) is 23.8 Å². The van der Waals surface area contributed by atoms with E-state index in [0.717, 1.165) is 10.5 Å². The van der Waals surface area contributed by atoms with Crippen LogP contribution in [0.4, 0.5) is 0 Å². The van der Waals surface area contributed by atoms with Crippen LogP contribution in [-0.2, 0) is 11.4 Å². The second kappa shape index (κ2) is 5.67. The Morgan fingerprint density at radius 1 is 1.57 bits per heavy atom. The van der Waals surface area contributed by atoms with E-state index in [1.54, 1.807) is 7.05 Å². The van der Waals surface area contributed by atoms with Crippen molar-refractivity contribution in [3.05, 3.63) is 29.8 Å². The molecule has 1 amide bonds. The molecule has 0 saturated carbocycles. The zero-order valence-electron chi connectivity index (χ0n) is 7.99. The van der Waals surface area contributed by atoms with E-state index >= 15 is 0 Å². The van der Waals surface area contributed by atoms with Crippen molar-refractivity contribution in [2.75, 3.05) is 12.8 Å². The number of carbonyl (C=O) groups excluding carboxylic acids is 1. The molecule has 1 rings (SSSR count). The molecule has 14 heavy (non-hydrogen) atoms. The van der Waals surface area contributed by atoms with E-state index in [4.69, 9.17) is 5.11 Å². The van der Waals surface area contributed by atoms with Gasteiger partial charge in [-0.1, -0.05) is 12.1 Å². The lowest BCUT2D eigenvalue weighted by atomic mass is 10.2. The maximum atomic E-state index is 11.0. The molecule has 4 heteroatoms. The maximum Gasteiger partial charge on any atom is 0.230 e. The Morgan fingerprint density at radius 3 is 3.00 bits per heavy atom. The number of amides is 1. The van der Waals surface area contributed by atoms with Gasteiger partial charge in [-0.3, -0.25) is 4.79 Å². The molecule has 0 atom stereocenters. The van der Waals surface area contributed by atoms with Crippen LogP contribution in [0.1, 0.15) is 5.56 Å². The third-order valence-electron chi connectivity index (χ3n) is 1.73. The molecule has 1 aromatic rings. The summed E-state index contributed by atoms with van der Waals surface area (Å²) in [6, 6.07) is 7.53. The molecule has 3 nitrogen and oxygen atoms in total. The number of nitrogens with one attached hydrogen (secondary N) is 1. The molecular weight excluding hydrogens is 198 g/mol. The third kappa shape index (κ3) is 3.40. The van der Waals surface area contributed by atoms with Gasteiger partial charge in [0.25, 0.3) is 0 Å². The number of thioether (sulfide) groups is 1. The van der Waals surface area contributed by atoms with Gasteiger partial charge in [-0.2, -0.15) is 0 Å². The fourth-order valence-corrected chi connectivity index (χ4v) is 1.81. The normalized spacial score (nSPS) is 9.86. The molecule has 0 spiro atoms. The molecule has 0 saturated heterocycles. The first-order valence-corrected chi connectivity index (χ1v) is 5.28. The van der Waals surface area contributed by atoms with E-state index in [0.29, 0.717) is 5.75 Å². The maximum absolute atomic E-state index is 11.0. The molecule has 1 aromatic carbocycles. The molecule has 0 aliphatic carbocycles. The van der Waals surface area contributed by atoms with E-state index < -0.39 is 0 Å². The van der Waals surface area contributed by atoms with Gasteiger partial charge in [0, 0.05) is 11.9 Å². The molecule has 0 aliphatic heterocycles. The summed E-state index contributed by atoms with van der Waals surface area (Å²) in [5.74, 6) is 0.412. The topological polar surface area (TPSA) is 49.3 Å². The van der Waals surface area contributed by atoms with Crippen LogP contribution in [0.2, 0.25) is 0 Å². The van der Waals surface area contributed by atoms with Gasteiger partial charge in [-0.05, 0) is 17.7 Å². The lowest BCUT2D eigenvalue weighted by Gasteiger charge is -2.02. The highest BCUT2D eigenvalue weighted by Gasteiger charge is 2.00. The summed E-state index contributed by atoms with van der Waals surface area (Å²) >= 11 is 1.46. The van der Waals surface area contributed by atoms with Crippen LogP contribution in [0.15, 0.2) is 29.2 Å². The van der Waals surface area contributed by atoms with Crippen LogP contribution in [0.3, 0.4) is 0 Å². The summed E-state index contributed by atoms with van der Waals surface area (Å²) in [5, 5.41) is 11.5. The number of aliphatic hydroxyl groups is 1. The molecule has 76 valence electrons. The first kappa shape index (κ1) is 11.1. The molecule has 0 aromatic heterocycles. The number of hydrogen-bond donors (Lipinski definition) is 2. The van der Waals surface area contributed by atoms with Crippen LogP contribution >= 0.6 is 11.8 Å². The summed E-state index contributed by atoms with van der Waals surface area (Å²) in [7, 11) is 1.62. The van der Waals surface area contributed by atoms with Gasteiger partial charge in [0.05, 0.1) is 12.4 Å². The molecule has 2 N–H and O–H groups in total. The van der Waals surface area contributed by atoms with E-state index in [-0.39, 0.29) is 12.5 Å². The lowest BCUT2D eigenvalue weighted by Crippen LogP contribution is -2.19. The Hall–Kier alpha value is -1.00. The Bertz CT molecular complexity index is 315. The molecular formula is C10H13NO2S. The van der Waals surface area contributed by atoms with Crippen molar-refractivity contribution < 1.29 is 9.90 Å². The van der Waals surface area contributed by atoms with Crippen molar-refractivity contribution >= 4 is 17.7 Å². The highest BCUT2D eigenvalue weighted by atomic mass is 32.2. The minimum absolute atomic E-state index is 0.00408. The largest absolute Gasteiger partial charge is 0.392 e. The molecule has 0 fully saturated rings. The van der Waals surface area contributed by atoms with Crippen molar-refractivity contribution in [2.24, 2.45) is 0 Å². The Labute approximate surface area is 87.5 Å². The van der Waals surface area contributed by atoms with Crippen LogP contribution in [0.5, 0.6) is 0 Å². The molecule has 0 unspecified atom stereocenters. The Morgan fingerprint density at radius 2 is 2.36 bits per heavy atom. The minimum atomic E-state index is 0.00408. The van der Waals surface area contributed by atoms with Gasteiger partial charge in [0.15, 0.2) is 0 Å². The minimum Gasteiger partial charge on any atom is -0.392 e. The number of benzene rings is 1. The molecule has 0 aliphatic rings. The van der Waals surface area contributed by atoms with E-state index in [1.807, 2.05) is 24.3 Å². The van der Waals surface area contributed by atoms with Gasteiger partial charge in [0.1, 0.15) is 0 Å². The van der Waals surface area contributed by atoms with Crippen molar-refractivity contribution in [1.82, 2.24) is 5.32 Å². The highest BCUT2D eigenvalue weighted by Crippen LogP contribution is 2.18. The van der Waals surface area contributed by atoms with E-state index in [1.165, 1.54) is 11.8 Å². The smallest absolute Gasteiger partial charge is 0.230 e. The zero-order valence-corrected chi connectivity index (χ0v) is 8.80. The number of hydrogen-bond acceptors (Lipinski definition) is 3. The van der Waals surface area contributed by atoms with E-state index in [9.17, 15) is 4.79 Å². The summed E-state index contributed by atoms with van der Waals surface area (Å²) in [6.07, 6.45) is 0. The predicted molar refractivity (Wildman–Crippen MR) is 57.2 cm³/mol. The quantitative estimate of drug-likeness (QED) is 0.731. The van der Waals surface area contributed by atoms with Gasteiger partial charge in [0.2, 0.25) is 5.91 Å². The lowest BCUT2D eigenvalue weighted by molar-refractivity contribution is -0.118. The zero-order chi connectivity index (χ0) is 10.4. The van der Waals surface area contributed by atoms with Gasteiger partial charge in [-0.25, -0.2) is 0 Å². The highest BCUT2D eigenvalue weighted by molar-refractivity contribution is 8.00. The predicted octanol–water partition coefficient (Wildman–Crippen LogP) is 1.02. The van der Waals surface area contributed by atoms with Crippen molar-refractivity contribution in [1.29, 1.82) is 0 Å².